The molecule has 1 saturated heterocycles. The molecule has 0 bridgehead atoms. The zero-order valence-corrected chi connectivity index (χ0v) is 10.4. The fourth-order valence-corrected chi connectivity index (χ4v) is 2.46. The molecule has 2 unspecified atom stereocenters. The monoisotopic (exact) mass is 249 g/mol. The minimum atomic E-state index is -0.392. The fraction of sp³-hybridized carbons (Fsp3) is 0.462. The molecule has 5 heteroatoms. The minimum absolute atomic E-state index is 0.169. The van der Waals surface area contributed by atoms with E-state index in [9.17, 15) is 4.79 Å². The molecule has 0 spiro atoms. The maximum absolute atomic E-state index is 11.1. The average molecular weight is 249 g/mol. The first-order valence-electron chi connectivity index (χ1n) is 5.98. The number of carbonyl (C=O) groups excluding carboxylic acids is 1. The molecule has 2 aliphatic heterocycles. The zero-order valence-electron chi connectivity index (χ0n) is 10.4. The molecule has 2 heterocycles. The predicted molar refractivity (Wildman–Crippen MR) is 64.0 cm³/mol. The molecule has 2 aliphatic rings. The lowest BCUT2D eigenvalue weighted by Gasteiger charge is -2.14. The van der Waals surface area contributed by atoms with Gasteiger partial charge in [-0.05, 0) is 19.1 Å². The molecule has 96 valence electrons. The van der Waals surface area contributed by atoms with E-state index < -0.39 is 6.09 Å². The van der Waals surface area contributed by atoms with Crippen LogP contribution < -0.4 is 14.8 Å². The van der Waals surface area contributed by atoms with Gasteiger partial charge in [0.15, 0.2) is 0 Å². The first-order chi connectivity index (χ1) is 8.67. The Bertz CT molecular complexity index is 500. The number of hydrogen-bond donors (Lipinski definition) is 1. The third kappa shape index (κ3) is 1.75. The van der Waals surface area contributed by atoms with Gasteiger partial charge in [-0.2, -0.15) is 0 Å². The van der Waals surface area contributed by atoms with E-state index in [-0.39, 0.29) is 12.1 Å². The quantitative estimate of drug-likeness (QED) is 0.868. The highest BCUT2D eigenvalue weighted by molar-refractivity contribution is 5.70. The lowest BCUT2D eigenvalue weighted by atomic mass is 10.0. The smallest absolute Gasteiger partial charge is 0.407 e. The van der Waals surface area contributed by atoms with Crippen molar-refractivity contribution in [1.82, 2.24) is 5.32 Å². The second kappa shape index (κ2) is 4.08. The molecule has 0 radical (unpaired) electrons. The Balaban J connectivity index is 1.98. The first kappa shape index (κ1) is 11.2. The van der Waals surface area contributed by atoms with E-state index in [1.807, 2.05) is 19.1 Å². The summed E-state index contributed by atoms with van der Waals surface area (Å²) in [5.41, 5.74) is 2.05. The molecule has 1 amide bonds. The summed E-state index contributed by atoms with van der Waals surface area (Å²) in [4.78, 5) is 11.1. The molecule has 1 fully saturated rings. The standard InChI is InChI=1S/C13H15NO4/c1-7-3-8-4-12(16-2)9(5-11(8)18-7)10-6-17-13(15)14-10/h4-5,7,10H,3,6H2,1-2H3,(H,14,15). The van der Waals surface area contributed by atoms with Crippen molar-refractivity contribution in [1.29, 1.82) is 0 Å². The second-order valence-electron chi connectivity index (χ2n) is 4.63. The van der Waals surface area contributed by atoms with E-state index in [1.54, 1.807) is 7.11 Å². The minimum Gasteiger partial charge on any atom is -0.496 e. The highest BCUT2D eigenvalue weighted by atomic mass is 16.6. The van der Waals surface area contributed by atoms with Crippen LogP contribution in [0.15, 0.2) is 12.1 Å². The molecular weight excluding hydrogens is 234 g/mol. The number of nitrogens with one attached hydrogen (secondary N) is 1. The highest BCUT2D eigenvalue weighted by Crippen LogP contribution is 2.38. The van der Waals surface area contributed by atoms with Crippen molar-refractivity contribution in [2.75, 3.05) is 13.7 Å². The van der Waals surface area contributed by atoms with Gasteiger partial charge >= 0.3 is 6.09 Å². The zero-order chi connectivity index (χ0) is 12.7. The number of fused-ring (bicyclic) bond motifs is 1. The molecule has 1 N–H and O–H groups in total. The van der Waals surface area contributed by atoms with Crippen molar-refractivity contribution in [3.05, 3.63) is 23.3 Å². The van der Waals surface area contributed by atoms with Crippen molar-refractivity contribution >= 4 is 6.09 Å². The largest absolute Gasteiger partial charge is 0.496 e. The summed E-state index contributed by atoms with van der Waals surface area (Å²) >= 11 is 0. The van der Waals surface area contributed by atoms with Gasteiger partial charge in [0.25, 0.3) is 0 Å². The maximum atomic E-state index is 11.1. The number of alkyl carbamates (subject to hydrolysis) is 1. The van der Waals surface area contributed by atoms with Crippen LogP contribution in [0.5, 0.6) is 11.5 Å². The normalized spacial score (nSPS) is 25.1. The summed E-state index contributed by atoms with van der Waals surface area (Å²) in [6.07, 6.45) is 0.686. The third-order valence-corrected chi connectivity index (χ3v) is 3.30. The predicted octanol–water partition coefficient (Wildman–Crippen LogP) is 1.80. The summed E-state index contributed by atoms with van der Waals surface area (Å²) in [5.74, 6) is 1.64. The Morgan fingerprint density at radius 2 is 2.28 bits per heavy atom. The van der Waals surface area contributed by atoms with Crippen LogP contribution in [0.2, 0.25) is 0 Å². The number of methoxy groups -OCH3 is 1. The van der Waals surface area contributed by atoms with Crippen molar-refractivity contribution in [2.45, 2.75) is 25.5 Å². The number of ether oxygens (including phenoxy) is 3. The van der Waals surface area contributed by atoms with Crippen LogP contribution in [-0.4, -0.2) is 25.9 Å². The lowest BCUT2D eigenvalue weighted by molar-refractivity contribution is 0.177. The first-order valence-corrected chi connectivity index (χ1v) is 5.98. The summed E-state index contributed by atoms with van der Waals surface area (Å²) in [6, 6.07) is 3.76. The van der Waals surface area contributed by atoms with E-state index in [0.717, 1.165) is 29.0 Å². The van der Waals surface area contributed by atoms with E-state index in [2.05, 4.69) is 5.32 Å². The Morgan fingerprint density at radius 3 is 2.94 bits per heavy atom. The number of rotatable bonds is 2. The summed E-state index contributed by atoms with van der Waals surface area (Å²) in [5, 5.41) is 2.75. The van der Waals surface area contributed by atoms with Crippen molar-refractivity contribution in [2.24, 2.45) is 0 Å². The van der Waals surface area contributed by atoms with Gasteiger partial charge in [0.05, 0.1) is 13.2 Å². The van der Waals surface area contributed by atoms with Crippen LogP contribution in [0, 0.1) is 0 Å². The Morgan fingerprint density at radius 1 is 1.44 bits per heavy atom. The topological polar surface area (TPSA) is 56.8 Å². The lowest BCUT2D eigenvalue weighted by Crippen LogP contribution is -2.19. The van der Waals surface area contributed by atoms with Gasteiger partial charge in [-0.25, -0.2) is 4.79 Å². The van der Waals surface area contributed by atoms with E-state index in [0.29, 0.717) is 6.61 Å². The maximum Gasteiger partial charge on any atom is 0.407 e. The van der Waals surface area contributed by atoms with Crippen LogP contribution in [-0.2, 0) is 11.2 Å². The van der Waals surface area contributed by atoms with Gasteiger partial charge in [0, 0.05) is 17.5 Å². The molecule has 2 atom stereocenters. The summed E-state index contributed by atoms with van der Waals surface area (Å²) < 4.78 is 16.0. The van der Waals surface area contributed by atoms with Gasteiger partial charge in [-0.1, -0.05) is 0 Å². The SMILES string of the molecule is COc1cc2c(cc1C1COC(=O)N1)OC(C)C2. The van der Waals surface area contributed by atoms with Gasteiger partial charge in [-0.3, -0.25) is 0 Å². The molecule has 0 aromatic heterocycles. The molecule has 5 nitrogen and oxygen atoms in total. The van der Waals surface area contributed by atoms with Crippen LogP contribution in [0.3, 0.4) is 0 Å². The highest BCUT2D eigenvalue weighted by Gasteiger charge is 2.29. The number of hydrogen-bond acceptors (Lipinski definition) is 4. The van der Waals surface area contributed by atoms with Crippen LogP contribution in [0.4, 0.5) is 4.79 Å². The van der Waals surface area contributed by atoms with Gasteiger partial charge < -0.3 is 19.5 Å². The van der Waals surface area contributed by atoms with Crippen LogP contribution >= 0.6 is 0 Å². The van der Waals surface area contributed by atoms with E-state index >= 15 is 0 Å². The van der Waals surface area contributed by atoms with Gasteiger partial charge in [-0.15, -0.1) is 0 Å². The molecular formula is C13H15NO4. The summed E-state index contributed by atoms with van der Waals surface area (Å²) in [7, 11) is 1.63. The molecule has 1 aromatic rings. The van der Waals surface area contributed by atoms with Crippen molar-refractivity contribution < 1.29 is 19.0 Å². The molecule has 1 aromatic carbocycles. The third-order valence-electron chi connectivity index (χ3n) is 3.30. The van der Waals surface area contributed by atoms with Crippen molar-refractivity contribution in [3.8, 4) is 11.5 Å². The Kier molecular flexibility index (Phi) is 2.54. The van der Waals surface area contributed by atoms with Gasteiger partial charge in [0.1, 0.15) is 24.2 Å². The number of benzene rings is 1. The Hall–Kier alpha value is -1.91. The van der Waals surface area contributed by atoms with Crippen LogP contribution in [0.25, 0.3) is 0 Å². The fourth-order valence-electron chi connectivity index (χ4n) is 2.46. The average Bonchev–Trinajstić information content (AvgIpc) is 2.91. The van der Waals surface area contributed by atoms with Crippen LogP contribution in [0.1, 0.15) is 24.1 Å². The summed E-state index contributed by atoms with van der Waals surface area (Å²) in [6.45, 7) is 2.36. The Labute approximate surface area is 105 Å². The van der Waals surface area contributed by atoms with Gasteiger partial charge in [0.2, 0.25) is 0 Å². The van der Waals surface area contributed by atoms with E-state index in [4.69, 9.17) is 14.2 Å². The molecule has 0 saturated carbocycles. The van der Waals surface area contributed by atoms with E-state index in [1.165, 1.54) is 0 Å². The molecule has 18 heavy (non-hydrogen) atoms. The number of cyclic esters (lactones) is 1. The number of carbonyl (C=O) groups is 1. The second-order valence-corrected chi connectivity index (χ2v) is 4.63. The molecule has 3 rings (SSSR count). The van der Waals surface area contributed by atoms with Crippen molar-refractivity contribution in [3.63, 3.8) is 0 Å². The molecule has 0 aliphatic carbocycles. The number of amides is 1.